The molecule has 0 saturated carbocycles. The van der Waals surface area contributed by atoms with Crippen LogP contribution in [0.1, 0.15) is 38.5 Å². The fourth-order valence-electron chi connectivity index (χ4n) is 3.38. The molecule has 0 bridgehead atoms. The third-order valence-electron chi connectivity index (χ3n) is 4.61. The van der Waals surface area contributed by atoms with Gasteiger partial charge in [0.2, 0.25) is 5.91 Å². The molecule has 2 aliphatic heterocycles. The SMILES string of the molecule is Cl.Cl.NCCC(=O)NCC1CCCCN1CC1CCNCC1. The summed E-state index contributed by atoms with van der Waals surface area (Å²) in [5.41, 5.74) is 5.41. The molecule has 1 atom stereocenters. The van der Waals surface area contributed by atoms with Gasteiger partial charge in [0.25, 0.3) is 0 Å². The summed E-state index contributed by atoms with van der Waals surface area (Å²) in [4.78, 5) is 14.2. The molecule has 0 aromatic carbocycles. The van der Waals surface area contributed by atoms with Crippen molar-refractivity contribution >= 4 is 30.7 Å². The van der Waals surface area contributed by atoms with E-state index in [-0.39, 0.29) is 30.7 Å². The molecule has 132 valence electrons. The van der Waals surface area contributed by atoms with Crippen LogP contribution in [0.5, 0.6) is 0 Å². The largest absolute Gasteiger partial charge is 0.354 e. The molecule has 7 heteroatoms. The van der Waals surface area contributed by atoms with Crippen LogP contribution in [0.2, 0.25) is 0 Å². The molecule has 2 aliphatic rings. The van der Waals surface area contributed by atoms with E-state index < -0.39 is 0 Å². The predicted octanol–water partition coefficient (Wildman–Crippen LogP) is 1.15. The number of amides is 1. The Morgan fingerprint density at radius 1 is 1.18 bits per heavy atom. The maximum absolute atomic E-state index is 11.6. The number of piperidine rings is 2. The Balaban J connectivity index is 0.00000220. The minimum Gasteiger partial charge on any atom is -0.354 e. The molecular formula is C15H32Cl2N4O. The Bertz CT molecular complexity index is 301. The second kappa shape index (κ2) is 12.4. The van der Waals surface area contributed by atoms with Crippen molar-refractivity contribution < 1.29 is 4.79 Å². The lowest BCUT2D eigenvalue weighted by Gasteiger charge is -2.39. The van der Waals surface area contributed by atoms with Crippen LogP contribution in [0.4, 0.5) is 0 Å². The smallest absolute Gasteiger partial charge is 0.221 e. The molecule has 1 unspecified atom stereocenters. The van der Waals surface area contributed by atoms with E-state index in [4.69, 9.17) is 5.73 Å². The third-order valence-corrected chi connectivity index (χ3v) is 4.61. The Labute approximate surface area is 147 Å². The van der Waals surface area contributed by atoms with E-state index in [0.717, 1.165) is 25.6 Å². The van der Waals surface area contributed by atoms with Gasteiger partial charge in [-0.1, -0.05) is 6.42 Å². The minimum atomic E-state index is 0. The average Bonchev–Trinajstić information content (AvgIpc) is 2.48. The number of rotatable bonds is 6. The zero-order chi connectivity index (χ0) is 14.2. The first kappa shape index (κ1) is 21.9. The first-order valence-electron chi connectivity index (χ1n) is 8.21. The van der Waals surface area contributed by atoms with Gasteiger partial charge in [0.15, 0.2) is 0 Å². The second-order valence-electron chi connectivity index (χ2n) is 6.18. The summed E-state index contributed by atoms with van der Waals surface area (Å²) in [6, 6.07) is 0.528. The molecule has 2 saturated heterocycles. The summed E-state index contributed by atoms with van der Waals surface area (Å²) in [6.45, 7) is 5.96. The predicted molar refractivity (Wildman–Crippen MR) is 96.0 cm³/mol. The molecular weight excluding hydrogens is 323 g/mol. The number of nitrogens with one attached hydrogen (secondary N) is 2. The maximum atomic E-state index is 11.6. The lowest BCUT2D eigenvalue weighted by Crippen LogP contribution is -2.49. The van der Waals surface area contributed by atoms with Gasteiger partial charge in [-0.3, -0.25) is 9.69 Å². The first-order valence-corrected chi connectivity index (χ1v) is 8.21. The van der Waals surface area contributed by atoms with Crippen molar-refractivity contribution in [2.24, 2.45) is 11.7 Å². The number of carbonyl (C=O) groups excluding carboxylic acids is 1. The molecule has 22 heavy (non-hydrogen) atoms. The van der Waals surface area contributed by atoms with Crippen molar-refractivity contribution in [1.82, 2.24) is 15.5 Å². The Kier molecular flexibility index (Phi) is 12.3. The van der Waals surface area contributed by atoms with Crippen LogP contribution in [0, 0.1) is 5.92 Å². The molecule has 4 N–H and O–H groups in total. The van der Waals surface area contributed by atoms with Crippen LogP contribution in [0.25, 0.3) is 0 Å². The van der Waals surface area contributed by atoms with Crippen molar-refractivity contribution in [3.63, 3.8) is 0 Å². The summed E-state index contributed by atoms with van der Waals surface area (Å²) in [7, 11) is 0. The van der Waals surface area contributed by atoms with Crippen LogP contribution in [-0.4, -0.2) is 56.1 Å². The van der Waals surface area contributed by atoms with E-state index in [1.807, 2.05) is 0 Å². The highest BCUT2D eigenvalue weighted by Crippen LogP contribution is 2.21. The van der Waals surface area contributed by atoms with Gasteiger partial charge in [0.05, 0.1) is 0 Å². The van der Waals surface area contributed by atoms with Crippen molar-refractivity contribution in [3.05, 3.63) is 0 Å². The second-order valence-corrected chi connectivity index (χ2v) is 6.18. The lowest BCUT2D eigenvalue weighted by atomic mass is 9.94. The lowest BCUT2D eigenvalue weighted by molar-refractivity contribution is -0.121. The summed E-state index contributed by atoms with van der Waals surface area (Å²) in [5, 5.41) is 6.48. The van der Waals surface area contributed by atoms with E-state index in [1.54, 1.807) is 0 Å². The van der Waals surface area contributed by atoms with Crippen LogP contribution < -0.4 is 16.4 Å². The fourth-order valence-corrected chi connectivity index (χ4v) is 3.38. The summed E-state index contributed by atoms with van der Waals surface area (Å²) < 4.78 is 0. The minimum absolute atomic E-state index is 0. The molecule has 0 aliphatic carbocycles. The monoisotopic (exact) mass is 354 g/mol. The van der Waals surface area contributed by atoms with Gasteiger partial charge >= 0.3 is 0 Å². The Hall–Kier alpha value is -0.0700. The highest BCUT2D eigenvalue weighted by Gasteiger charge is 2.25. The highest BCUT2D eigenvalue weighted by molar-refractivity contribution is 5.85. The van der Waals surface area contributed by atoms with E-state index in [9.17, 15) is 4.79 Å². The molecule has 5 nitrogen and oxygen atoms in total. The van der Waals surface area contributed by atoms with Gasteiger partial charge in [-0.25, -0.2) is 0 Å². The molecule has 0 aromatic heterocycles. The summed E-state index contributed by atoms with van der Waals surface area (Å²) >= 11 is 0. The molecule has 2 rings (SSSR count). The van der Waals surface area contributed by atoms with E-state index in [1.165, 1.54) is 45.2 Å². The van der Waals surface area contributed by atoms with Crippen molar-refractivity contribution in [3.8, 4) is 0 Å². The highest BCUT2D eigenvalue weighted by atomic mass is 35.5. The number of hydrogen-bond acceptors (Lipinski definition) is 4. The fraction of sp³-hybridized carbons (Fsp3) is 0.933. The van der Waals surface area contributed by atoms with Gasteiger partial charge in [-0.05, 0) is 51.2 Å². The van der Waals surface area contributed by atoms with Gasteiger partial charge in [0.1, 0.15) is 0 Å². The zero-order valence-corrected chi connectivity index (χ0v) is 15.0. The Morgan fingerprint density at radius 3 is 2.59 bits per heavy atom. The van der Waals surface area contributed by atoms with Crippen molar-refractivity contribution in [2.45, 2.75) is 44.6 Å². The van der Waals surface area contributed by atoms with Gasteiger partial charge in [-0.15, -0.1) is 24.8 Å². The number of halogens is 2. The normalized spacial score (nSPS) is 23.2. The third kappa shape index (κ3) is 7.47. The van der Waals surface area contributed by atoms with E-state index >= 15 is 0 Å². The molecule has 0 aromatic rings. The number of likely N-dealkylation sites (tertiary alicyclic amines) is 1. The molecule has 2 fully saturated rings. The molecule has 1 amide bonds. The van der Waals surface area contributed by atoms with Crippen LogP contribution in [0.3, 0.4) is 0 Å². The van der Waals surface area contributed by atoms with Crippen LogP contribution in [0.15, 0.2) is 0 Å². The maximum Gasteiger partial charge on any atom is 0.221 e. The topological polar surface area (TPSA) is 70.4 Å². The van der Waals surface area contributed by atoms with E-state index in [0.29, 0.717) is 19.0 Å². The standard InChI is InChI=1S/C15H30N4O.2ClH/c16-7-4-15(20)18-11-14-3-1-2-10-19(14)12-13-5-8-17-9-6-13;;/h13-14,17H,1-12,16H2,(H,18,20);2*1H. The molecule has 2 heterocycles. The molecule has 0 spiro atoms. The van der Waals surface area contributed by atoms with Gasteiger partial charge in [-0.2, -0.15) is 0 Å². The molecule has 0 radical (unpaired) electrons. The van der Waals surface area contributed by atoms with Gasteiger partial charge < -0.3 is 16.4 Å². The van der Waals surface area contributed by atoms with Crippen LogP contribution in [-0.2, 0) is 4.79 Å². The average molecular weight is 355 g/mol. The number of carbonyl (C=O) groups is 1. The number of hydrogen-bond donors (Lipinski definition) is 3. The first-order chi connectivity index (χ1) is 9.79. The van der Waals surface area contributed by atoms with Crippen molar-refractivity contribution in [2.75, 3.05) is 39.3 Å². The number of nitrogens with two attached hydrogens (primary N) is 1. The number of nitrogens with zero attached hydrogens (tertiary/aromatic N) is 1. The van der Waals surface area contributed by atoms with Crippen molar-refractivity contribution in [1.29, 1.82) is 0 Å². The summed E-state index contributed by atoms with van der Waals surface area (Å²) in [6.07, 6.45) is 6.85. The van der Waals surface area contributed by atoms with Crippen LogP contribution >= 0.6 is 24.8 Å². The zero-order valence-electron chi connectivity index (χ0n) is 13.4. The quantitative estimate of drug-likeness (QED) is 0.669. The Morgan fingerprint density at radius 2 is 1.91 bits per heavy atom. The van der Waals surface area contributed by atoms with Gasteiger partial charge in [0, 0.05) is 32.1 Å². The van der Waals surface area contributed by atoms with E-state index in [2.05, 4.69) is 15.5 Å². The summed E-state index contributed by atoms with van der Waals surface area (Å²) in [5.74, 6) is 0.927.